The minimum absolute atomic E-state index is 0.0799. The van der Waals surface area contributed by atoms with E-state index in [0.717, 1.165) is 12.8 Å². The van der Waals surface area contributed by atoms with Crippen LogP contribution in [0.4, 0.5) is 4.39 Å². The van der Waals surface area contributed by atoms with Gasteiger partial charge in [0.15, 0.2) is 0 Å². The van der Waals surface area contributed by atoms with Crippen LogP contribution < -0.4 is 10.9 Å². The van der Waals surface area contributed by atoms with Crippen molar-refractivity contribution in [3.8, 4) is 0 Å². The van der Waals surface area contributed by atoms with Gasteiger partial charge in [0.1, 0.15) is 5.82 Å². The van der Waals surface area contributed by atoms with E-state index in [1.807, 2.05) is 0 Å². The van der Waals surface area contributed by atoms with Crippen molar-refractivity contribution in [2.75, 3.05) is 0 Å². The number of rotatable bonds is 3. The Balaban J connectivity index is 1.80. The van der Waals surface area contributed by atoms with E-state index in [9.17, 15) is 14.0 Å². The molecule has 1 aliphatic carbocycles. The Morgan fingerprint density at radius 2 is 1.84 bits per heavy atom. The number of benzene rings is 1. The van der Waals surface area contributed by atoms with Gasteiger partial charge in [-0.15, -0.1) is 0 Å². The molecular formula is C14H17FN2O2. The molecule has 0 aliphatic heterocycles. The molecule has 4 nitrogen and oxygen atoms in total. The van der Waals surface area contributed by atoms with Crippen molar-refractivity contribution in [1.82, 2.24) is 10.9 Å². The summed E-state index contributed by atoms with van der Waals surface area (Å²) in [7, 11) is 0. The monoisotopic (exact) mass is 264 g/mol. The highest BCUT2D eigenvalue weighted by atomic mass is 19.1. The Labute approximate surface area is 111 Å². The van der Waals surface area contributed by atoms with Crippen LogP contribution in [0.1, 0.15) is 42.5 Å². The largest absolute Gasteiger partial charge is 0.273 e. The van der Waals surface area contributed by atoms with Gasteiger partial charge in [0, 0.05) is 6.42 Å². The number of hydrazine groups is 1. The van der Waals surface area contributed by atoms with E-state index >= 15 is 0 Å². The first kappa shape index (κ1) is 13.5. The molecule has 2 amide bonds. The van der Waals surface area contributed by atoms with Crippen LogP contribution in [0.25, 0.3) is 0 Å². The third kappa shape index (κ3) is 3.77. The summed E-state index contributed by atoms with van der Waals surface area (Å²) in [6.45, 7) is 0. The van der Waals surface area contributed by atoms with Crippen molar-refractivity contribution >= 4 is 11.8 Å². The number of hydrogen-bond acceptors (Lipinski definition) is 2. The summed E-state index contributed by atoms with van der Waals surface area (Å²) in [6.07, 6.45) is 4.87. The van der Waals surface area contributed by atoms with Gasteiger partial charge >= 0.3 is 0 Å². The van der Waals surface area contributed by atoms with Crippen LogP contribution in [0, 0.1) is 11.7 Å². The highest BCUT2D eigenvalue weighted by molar-refractivity contribution is 5.95. The van der Waals surface area contributed by atoms with Gasteiger partial charge in [-0.1, -0.05) is 25.0 Å². The second kappa shape index (κ2) is 6.31. The van der Waals surface area contributed by atoms with Crippen molar-refractivity contribution in [1.29, 1.82) is 0 Å². The predicted octanol–water partition coefficient (Wildman–Crippen LogP) is 2.17. The van der Waals surface area contributed by atoms with E-state index < -0.39 is 11.7 Å². The second-order valence-corrected chi connectivity index (χ2v) is 4.84. The third-order valence-electron chi connectivity index (χ3n) is 3.38. The molecule has 0 radical (unpaired) electrons. The fourth-order valence-corrected chi connectivity index (χ4v) is 2.37. The van der Waals surface area contributed by atoms with Crippen LogP contribution in [-0.2, 0) is 4.79 Å². The SMILES string of the molecule is O=C(CC1CCCC1)NNC(=O)c1ccccc1F. The van der Waals surface area contributed by atoms with Gasteiger partial charge in [0.2, 0.25) is 5.91 Å². The van der Waals surface area contributed by atoms with E-state index in [-0.39, 0.29) is 11.5 Å². The fraction of sp³-hybridized carbons (Fsp3) is 0.429. The number of amides is 2. The van der Waals surface area contributed by atoms with Gasteiger partial charge in [-0.25, -0.2) is 4.39 Å². The third-order valence-corrected chi connectivity index (χ3v) is 3.38. The molecule has 102 valence electrons. The molecule has 0 spiro atoms. The van der Waals surface area contributed by atoms with Crippen LogP contribution in [0.2, 0.25) is 0 Å². The molecule has 0 heterocycles. The van der Waals surface area contributed by atoms with Crippen molar-refractivity contribution in [3.05, 3.63) is 35.6 Å². The normalized spacial score (nSPS) is 15.2. The Hall–Kier alpha value is -1.91. The van der Waals surface area contributed by atoms with Crippen LogP contribution in [-0.4, -0.2) is 11.8 Å². The molecule has 1 fully saturated rings. The maximum Gasteiger partial charge on any atom is 0.272 e. The standard InChI is InChI=1S/C14H17FN2O2/c15-12-8-4-3-7-11(12)14(19)17-16-13(18)9-10-5-1-2-6-10/h3-4,7-8,10H,1-2,5-6,9H2,(H,16,18)(H,17,19). The molecule has 0 saturated heterocycles. The first-order valence-electron chi connectivity index (χ1n) is 6.50. The predicted molar refractivity (Wildman–Crippen MR) is 68.6 cm³/mol. The number of hydrogen-bond donors (Lipinski definition) is 2. The molecule has 5 heteroatoms. The van der Waals surface area contributed by atoms with Crippen LogP contribution in [0.5, 0.6) is 0 Å². The second-order valence-electron chi connectivity index (χ2n) is 4.84. The van der Waals surface area contributed by atoms with Crippen LogP contribution in [0.15, 0.2) is 24.3 Å². The molecule has 2 N–H and O–H groups in total. The van der Waals surface area contributed by atoms with Gasteiger partial charge < -0.3 is 0 Å². The lowest BCUT2D eigenvalue weighted by Crippen LogP contribution is -2.42. The van der Waals surface area contributed by atoms with E-state index in [0.29, 0.717) is 12.3 Å². The van der Waals surface area contributed by atoms with E-state index in [1.165, 1.54) is 31.0 Å². The highest BCUT2D eigenvalue weighted by Crippen LogP contribution is 2.27. The van der Waals surface area contributed by atoms with Gasteiger partial charge in [-0.2, -0.15) is 0 Å². The maximum absolute atomic E-state index is 13.3. The summed E-state index contributed by atoms with van der Waals surface area (Å²) < 4.78 is 13.3. The van der Waals surface area contributed by atoms with Crippen molar-refractivity contribution in [2.24, 2.45) is 5.92 Å². The van der Waals surface area contributed by atoms with Gasteiger partial charge in [-0.05, 0) is 30.9 Å². The summed E-state index contributed by atoms with van der Waals surface area (Å²) in [5.41, 5.74) is 4.48. The minimum atomic E-state index is -0.641. The number of halogens is 1. The lowest BCUT2D eigenvalue weighted by molar-refractivity contribution is -0.122. The summed E-state index contributed by atoms with van der Waals surface area (Å²) in [4.78, 5) is 23.2. The zero-order valence-electron chi connectivity index (χ0n) is 10.6. The average molecular weight is 264 g/mol. The quantitative estimate of drug-likeness (QED) is 0.822. The van der Waals surface area contributed by atoms with E-state index in [4.69, 9.17) is 0 Å². The van der Waals surface area contributed by atoms with Gasteiger partial charge in [-0.3, -0.25) is 20.4 Å². The minimum Gasteiger partial charge on any atom is -0.273 e. The number of nitrogens with one attached hydrogen (secondary N) is 2. The topological polar surface area (TPSA) is 58.2 Å². The Morgan fingerprint density at radius 3 is 2.53 bits per heavy atom. The smallest absolute Gasteiger partial charge is 0.272 e. The fourth-order valence-electron chi connectivity index (χ4n) is 2.37. The molecule has 0 atom stereocenters. The van der Waals surface area contributed by atoms with Crippen LogP contribution >= 0.6 is 0 Å². The number of carbonyl (C=O) groups is 2. The lowest BCUT2D eigenvalue weighted by Gasteiger charge is -2.10. The molecule has 19 heavy (non-hydrogen) atoms. The summed E-state index contributed by atoms with van der Waals surface area (Å²) in [6, 6.07) is 5.65. The van der Waals surface area contributed by atoms with E-state index in [2.05, 4.69) is 10.9 Å². The summed E-state index contributed by atoms with van der Waals surface area (Å²) >= 11 is 0. The Bertz CT molecular complexity index is 470. The van der Waals surface area contributed by atoms with Crippen molar-refractivity contribution < 1.29 is 14.0 Å². The Kier molecular flexibility index (Phi) is 4.49. The summed E-state index contributed by atoms with van der Waals surface area (Å²) in [5, 5.41) is 0. The zero-order valence-corrected chi connectivity index (χ0v) is 10.6. The lowest BCUT2D eigenvalue weighted by atomic mass is 10.0. The highest BCUT2D eigenvalue weighted by Gasteiger charge is 2.19. The number of carbonyl (C=O) groups excluding carboxylic acids is 2. The molecule has 0 aromatic heterocycles. The van der Waals surface area contributed by atoms with E-state index in [1.54, 1.807) is 6.07 Å². The first-order chi connectivity index (χ1) is 9.16. The molecule has 1 aliphatic rings. The summed E-state index contributed by atoms with van der Waals surface area (Å²) in [5.74, 6) is -1.06. The molecule has 0 bridgehead atoms. The van der Waals surface area contributed by atoms with Gasteiger partial charge in [0.25, 0.3) is 5.91 Å². The maximum atomic E-state index is 13.3. The Morgan fingerprint density at radius 1 is 1.16 bits per heavy atom. The zero-order chi connectivity index (χ0) is 13.7. The molecule has 1 aromatic rings. The first-order valence-corrected chi connectivity index (χ1v) is 6.50. The van der Waals surface area contributed by atoms with Crippen LogP contribution in [0.3, 0.4) is 0 Å². The molecule has 2 rings (SSSR count). The van der Waals surface area contributed by atoms with Crippen molar-refractivity contribution in [3.63, 3.8) is 0 Å². The molecular weight excluding hydrogens is 247 g/mol. The van der Waals surface area contributed by atoms with Crippen molar-refractivity contribution in [2.45, 2.75) is 32.1 Å². The molecule has 0 unspecified atom stereocenters. The molecule has 1 saturated carbocycles. The average Bonchev–Trinajstić information content (AvgIpc) is 2.89. The van der Waals surface area contributed by atoms with Gasteiger partial charge in [0.05, 0.1) is 5.56 Å². The molecule has 1 aromatic carbocycles.